The van der Waals surface area contributed by atoms with Crippen LogP contribution < -0.4 is 0 Å². The van der Waals surface area contributed by atoms with Crippen molar-refractivity contribution in [2.45, 2.75) is 44.7 Å². The van der Waals surface area contributed by atoms with Crippen LogP contribution in [0.5, 0.6) is 0 Å². The summed E-state index contributed by atoms with van der Waals surface area (Å²) in [6, 6.07) is 26.1. The molecule has 5 nitrogen and oxygen atoms in total. The number of carbonyl (C=O) groups excluding carboxylic acids is 2. The molecule has 36 heavy (non-hydrogen) atoms. The van der Waals surface area contributed by atoms with Crippen molar-refractivity contribution in [3.8, 4) is 0 Å². The minimum Gasteiger partial charge on any atom is -0.356 e. The van der Waals surface area contributed by atoms with E-state index in [1.54, 1.807) is 4.90 Å². The molecule has 0 bridgehead atoms. The van der Waals surface area contributed by atoms with Crippen LogP contribution in [0.3, 0.4) is 0 Å². The van der Waals surface area contributed by atoms with Crippen LogP contribution in [0, 0.1) is 0 Å². The van der Waals surface area contributed by atoms with Crippen LogP contribution in [0.25, 0.3) is 10.9 Å². The Kier molecular flexibility index (Phi) is 5.63. The molecule has 0 aliphatic carbocycles. The minimum absolute atomic E-state index is 0.00917. The first-order valence-electron chi connectivity index (χ1n) is 12.8. The van der Waals surface area contributed by atoms with Crippen molar-refractivity contribution in [1.29, 1.82) is 0 Å². The molecule has 0 unspecified atom stereocenters. The number of aromatic amines is 1. The molecule has 3 heterocycles. The fourth-order valence-electron chi connectivity index (χ4n) is 5.83. The number of nitrogens with one attached hydrogen (secondary N) is 1. The van der Waals surface area contributed by atoms with Gasteiger partial charge in [0.2, 0.25) is 11.8 Å². The Balaban J connectivity index is 1.39. The summed E-state index contributed by atoms with van der Waals surface area (Å²) in [5.41, 5.74) is 6.70. The summed E-state index contributed by atoms with van der Waals surface area (Å²) in [5.74, 6) is 0.485. The first-order chi connectivity index (χ1) is 17.5. The summed E-state index contributed by atoms with van der Waals surface area (Å²) in [4.78, 5) is 34.8. The molecule has 182 valence electrons. The van der Waals surface area contributed by atoms with Gasteiger partial charge in [-0.2, -0.15) is 0 Å². The molecule has 0 spiro atoms. The zero-order chi connectivity index (χ0) is 24.8. The Hall–Kier alpha value is -3.86. The highest BCUT2D eigenvalue weighted by Gasteiger charge is 2.48. The molecule has 2 aliphatic heterocycles. The Morgan fingerprint density at radius 2 is 1.64 bits per heavy atom. The smallest absolute Gasteiger partial charge is 0.246 e. The number of benzene rings is 3. The normalized spacial score (nSPS) is 19.6. The standard InChI is InChI=1S/C31H31N3O2/c1-20(2)22-12-14-23(15-13-22)30-29-25(24-10-6-7-11-26(24)32-29)18-27-31(36)33(19-28(35)34(27)30)17-16-21-8-4-3-5-9-21/h3-15,20,27,30,32H,16-19H2,1-2H3/t27-,30-/m0/s1. The van der Waals surface area contributed by atoms with Gasteiger partial charge in [-0.15, -0.1) is 0 Å². The maximum Gasteiger partial charge on any atom is 0.246 e. The molecule has 4 aromatic rings. The van der Waals surface area contributed by atoms with Crippen LogP contribution in [0.15, 0.2) is 78.9 Å². The second-order valence-corrected chi connectivity index (χ2v) is 10.3. The lowest BCUT2D eigenvalue weighted by atomic mass is 9.85. The average Bonchev–Trinajstić information content (AvgIpc) is 3.28. The third-order valence-electron chi connectivity index (χ3n) is 7.77. The van der Waals surface area contributed by atoms with Crippen LogP contribution in [-0.4, -0.2) is 45.7 Å². The quantitative estimate of drug-likeness (QED) is 0.429. The number of hydrogen-bond donors (Lipinski definition) is 1. The number of aromatic nitrogens is 1. The first kappa shape index (κ1) is 22.6. The fourth-order valence-corrected chi connectivity index (χ4v) is 5.83. The maximum atomic E-state index is 13.8. The number of nitrogens with zero attached hydrogens (tertiary/aromatic N) is 2. The molecule has 5 heteroatoms. The number of amides is 2. The van der Waals surface area contributed by atoms with Crippen molar-refractivity contribution in [2.24, 2.45) is 0 Å². The molecular weight excluding hydrogens is 446 g/mol. The first-order valence-corrected chi connectivity index (χ1v) is 12.8. The molecule has 2 amide bonds. The monoisotopic (exact) mass is 477 g/mol. The molecule has 2 atom stereocenters. The van der Waals surface area contributed by atoms with Gasteiger partial charge in [-0.1, -0.05) is 86.6 Å². The molecule has 0 radical (unpaired) electrons. The minimum atomic E-state index is -0.497. The van der Waals surface area contributed by atoms with Crippen LogP contribution >= 0.6 is 0 Å². The number of carbonyl (C=O) groups is 2. The van der Waals surface area contributed by atoms with E-state index in [2.05, 4.69) is 67.4 Å². The molecule has 1 saturated heterocycles. The molecule has 6 rings (SSSR count). The predicted octanol–water partition coefficient (Wildman–Crippen LogP) is 5.22. The topological polar surface area (TPSA) is 56.4 Å². The lowest BCUT2D eigenvalue weighted by Gasteiger charge is -2.47. The zero-order valence-electron chi connectivity index (χ0n) is 20.8. The van der Waals surface area contributed by atoms with Gasteiger partial charge in [0.05, 0.1) is 12.6 Å². The Morgan fingerprint density at radius 3 is 2.39 bits per heavy atom. The van der Waals surface area contributed by atoms with Gasteiger partial charge < -0.3 is 14.8 Å². The number of H-pyrrole nitrogens is 1. The highest BCUT2D eigenvalue weighted by atomic mass is 16.2. The second kappa shape index (κ2) is 8.98. The lowest BCUT2D eigenvalue weighted by molar-refractivity contribution is -0.158. The largest absolute Gasteiger partial charge is 0.356 e. The lowest BCUT2D eigenvalue weighted by Crippen LogP contribution is -2.63. The Morgan fingerprint density at radius 1 is 0.917 bits per heavy atom. The number of fused-ring (bicyclic) bond motifs is 4. The zero-order valence-corrected chi connectivity index (χ0v) is 20.8. The maximum absolute atomic E-state index is 13.8. The predicted molar refractivity (Wildman–Crippen MR) is 142 cm³/mol. The molecule has 3 aromatic carbocycles. The van der Waals surface area contributed by atoms with E-state index >= 15 is 0 Å². The van der Waals surface area contributed by atoms with Crippen molar-refractivity contribution >= 4 is 22.7 Å². The Bertz CT molecular complexity index is 1420. The van der Waals surface area contributed by atoms with E-state index in [9.17, 15) is 9.59 Å². The van der Waals surface area contributed by atoms with E-state index in [0.717, 1.165) is 34.1 Å². The highest BCUT2D eigenvalue weighted by Crippen LogP contribution is 2.42. The van der Waals surface area contributed by atoms with Gasteiger partial charge in [0.15, 0.2) is 0 Å². The molecule has 0 saturated carbocycles. The van der Waals surface area contributed by atoms with Gasteiger partial charge in [-0.05, 0) is 40.7 Å². The highest BCUT2D eigenvalue weighted by molar-refractivity contribution is 5.97. The van der Waals surface area contributed by atoms with Crippen molar-refractivity contribution < 1.29 is 9.59 Å². The van der Waals surface area contributed by atoms with Crippen molar-refractivity contribution in [3.05, 3.63) is 107 Å². The third kappa shape index (κ3) is 3.79. The van der Waals surface area contributed by atoms with Crippen molar-refractivity contribution in [2.75, 3.05) is 13.1 Å². The van der Waals surface area contributed by atoms with E-state index in [1.807, 2.05) is 35.2 Å². The molecular formula is C31H31N3O2. The summed E-state index contributed by atoms with van der Waals surface area (Å²) in [6.07, 6.45) is 1.28. The third-order valence-corrected chi connectivity index (χ3v) is 7.77. The fraction of sp³-hybridized carbons (Fsp3) is 0.290. The molecule has 2 aliphatic rings. The van der Waals surface area contributed by atoms with Gasteiger partial charge in [0.25, 0.3) is 0 Å². The molecule has 1 N–H and O–H groups in total. The van der Waals surface area contributed by atoms with E-state index in [1.165, 1.54) is 11.1 Å². The van der Waals surface area contributed by atoms with Gasteiger partial charge in [-0.3, -0.25) is 9.59 Å². The van der Waals surface area contributed by atoms with Crippen LogP contribution in [0.4, 0.5) is 0 Å². The average molecular weight is 478 g/mol. The SMILES string of the molecule is CC(C)c1ccc([C@H]2c3[nH]c4ccccc4c3C[C@H]3C(=O)N(CCc4ccccc4)CC(=O)N23)cc1. The van der Waals surface area contributed by atoms with E-state index < -0.39 is 6.04 Å². The van der Waals surface area contributed by atoms with E-state index in [4.69, 9.17) is 0 Å². The summed E-state index contributed by atoms with van der Waals surface area (Å²) in [5, 5.41) is 1.14. The van der Waals surface area contributed by atoms with Gasteiger partial charge in [0.1, 0.15) is 6.04 Å². The van der Waals surface area contributed by atoms with Crippen molar-refractivity contribution in [3.63, 3.8) is 0 Å². The summed E-state index contributed by atoms with van der Waals surface area (Å²) in [7, 11) is 0. The van der Waals surface area contributed by atoms with Gasteiger partial charge in [0, 0.05) is 29.6 Å². The number of piperazine rings is 1. The van der Waals surface area contributed by atoms with E-state index in [-0.39, 0.29) is 24.4 Å². The van der Waals surface area contributed by atoms with Crippen molar-refractivity contribution in [1.82, 2.24) is 14.8 Å². The summed E-state index contributed by atoms with van der Waals surface area (Å²) in [6.45, 7) is 5.03. The van der Waals surface area contributed by atoms with Gasteiger partial charge >= 0.3 is 0 Å². The van der Waals surface area contributed by atoms with Crippen LogP contribution in [0.2, 0.25) is 0 Å². The second-order valence-electron chi connectivity index (χ2n) is 10.3. The number of rotatable bonds is 5. The van der Waals surface area contributed by atoms with E-state index in [0.29, 0.717) is 18.9 Å². The molecule has 1 aromatic heterocycles. The van der Waals surface area contributed by atoms with Gasteiger partial charge in [-0.25, -0.2) is 0 Å². The summed E-state index contributed by atoms with van der Waals surface area (Å²) >= 11 is 0. The van der Waals surface area contributed by atoms with Crippen LogP contribution in [-0.2, 0) is 22.4 Å². The number of hydrogen-bond acceptors (Lipinski definition) is 2. The summed E-state index contributed by atoms with van der Waals surface area (Å²) < 4.78 is 0. The molecule has 1 fully saturated rings. The number of para-hydroxylation sites is 1. The van der Waals surface area contributed by atoms with Crippen LogP contribution in [0.1, 0.15) is 53.8 Å². The Labute approximate surface area is 211 Å².